The Morgan fingerprint density at radius 1 is 1.54 bits per heavy atom. The van der Waals surface area contributed by atoms with Crippen molar-refractivity contribution in [2.45, 2.75) is 6.42 Å². The van der Waals surface area contributed by atoms with Crippen molar-refractivity contribution in [2.24, 2.45) is 5.73 Å². The van der Waals surface area contributed by atoms with Gasteiger partial charge in [-0.25, -0.2) is 0 Å². The molecule has 0 aliphatic heterocycles. The number of nitrogens with two attached hydrogens (primary N) is 1. The summed E-state index contributed by atoms with van der Waals surface area (Å²) in [5, 5.41) is 0.704. The van der Waals surface area contributed by atoms with Gasteiger partial charge >= 0.3 is 0 Å². The fourth-order valence-corrected chi connectivity index (χ4v) is 1.46. The average molecular weight is 261 g/mol. The predicted octanol–water partition coefficient (Wildman–Crippen LogP) is 3.46. The molecular formula is C10H11BrClN. The summed E-state index contributed by atoms with van der Waals surface area (Å²) < 4.78 is 0.901. The summed E-state index contributed by atoms with van der Waals surface area (Å²) in [4.78, 5) is 0. The third-order valence-corrected chi connectivity index (χ3v) is 3.01. The van der Waals surface area contributed by atoms with E-state index in [2.05, 4.69) is 22.5 Å². The summed E-state index contributed by atoms with van der Waals surface area (Å²) in [5.74, 6) is 0. The fraction of sp³-hybridized carbons (Fsp3) is 0.200. The van der Waals surface area contributed by atoms with Crippen molar-refractivity contribution in [1.82, 2.24) is 0 Å². The van der Waals surface area contributed by atoms with Crippen LogP contribution in [-0.4, -0.2) is 6.54 Å². The Hall–Kier alpha value is -0.310. The lowest BCUT2D eigenvalue weighted by molar-refractivity contribution is 1.02. The van der Waals surface area contributed by atoms with E-state index in [0.717, 1.165) is 22.0 Å². The molecule has 0 amide bonds. The molecule has 1 aromatic carbocycles. The highest BCUT2D eigenvalue weighted by Crippen LogP contribution is 2.26. The Morgan fingerprint density at radius 2 is 2.23 bits per heavy atom. The van der Waals surface area contributed by atoms with Crippen LogP contribution in [0, 0.1) is 0 Å². The molecule has 0 spiro atoms. The maximum atomic E-state index is 5.94. The van der Waals surface area contributed by atoms with Gasteiger partial charge in [0, 0.05) is 4.47 Å². The minimum Gasteiger partial charge on any atom is -0.330 e. The third-order valence-electron chi connectivity index (χ3n) is 1.77. The highest BCUT2D eigenvalue weighted by atomic mass is 79.9. The first-order valence-corrected chi connectivity index (χ1v) is 5.15. The van der Waals surface area contributed by atoms with E-state index in [1.807, 2.05) is 18.2 Å². The monoisotopic (exact) mass is 259 g/mol. The predicted molar refractivity (Wildman–Crippen MR) is 61.9 cm³/mol. The molecule has 1 rings (SSSR count). The second-order valence-corrected chi connectivity index (χ2v) is 4.03. The largest absolute Gasteiger partial charge is 0.330 e. The Balaban J connectivity index is 2.90. The molecule has 0 heterocycles. The maximum absolute atomic E-state index is 5.94. The van der Waals surface area contributed by atoms with Crippen molar-refractivity contribution in [3.8, 4) is 0 Å². The van der Waals surface area contributed by atoms with Crippen LogP contribution >= 0.6 is 27.5 Å². The number of hydrogen-bond acceptors (Lipinski definition) is 1. The van der Waals surface area contributed by atoms with E-state index < -0.39 is 0 Å². The Labute approximate surface area is 91.7 Å². The van der Waals surface area contributed by atoms with Crippen molar-refractivity contribution in [3.63, 3.8) is 0 Å². The molecule has 0 saturated carbocycles. The van der Waals surface area contributed by atoms with Crippen LogP contribution in [0.3, 0.4) is 0 Å². The SMILES string of the molecule is C=C(CCN)c1ccc(Br)c(Cl)c1. The van der Waals surface area contributed by atoms with Crippen molar-refractivity contribution in [3.05, 3.63) is 39.8 Å². The van der Waals surface area contributed by atoms with E-state index in [1.54, 1.807) is 0 Å². The van der Waals surface area contributed by atoms with Gasteiger partial charge in [0.2, 0.25) is 0 Å². The summed E-state index contributed by atoms with van der Waals surface area (Å²) in [6.07, 6.45) is 0.804. The number of hydrogen-bond donors (Lipinski definition) is 1. The average Bonchev–Trinajstić information content (AvgIpc) is 2.10. The van der Waals surface area contributed by atoms with Crippen LogP contribution in [0.25, 0.3) is 5.57 Å². The van der Waals surface area contributed by atoms with Gasteiger partial charge in [-0.15, -0.1) is 0 Å². The van der Waals surface area contributed by atoms with Gasteiger partial charge in [-0.1, -0.05) is 24.2 Å². The molecule has 1 aromatic rings. The maximum Gasteiger partial charge on any atom is 0.0554 e. The second kappa shape index (κ2) is 4.80. The molecule has 0 saturated heterocycles. The van der Waals surface area contributed by atoms with Crippen molar-refractivity contribution in [2.75, 3.05) is 6.54 Å². The van der Waals surface area contributed by atoms with Gasteiger partial charge in [-0.2, -0.15) is 0 Å². The number of halogens is 2. The van der Waals surface area contributed by atoms with Crippen LogP contribution in [0.15, 0.2) is 29.3 Å². The molecule has 0 aliphatic rings. The smallest absolute Gasteiger partial charge is 0.0554 e. The minimum absolute atomic E-state index is 0.618. The van der Waals surface area contributed by atoms with Gasteiger partial charge in [0.15, 0.2) is 0 Å². The topological polar surface area (TPSA) is 26.0 Å². The van der Waals surface area contributed by atoms with Crippen LogP contribution in [0.1, 0.15) is 12.0 Å². The van der Waals surface area contributed by atoms with Gasteiger partial charge in [-0.05, 0) is 52.2 Å². The van der Waals surface area contributed by atoms with Crippen LogP contribution in [0.5, 0.6) is 0 Å². The molecule has 13 heavy (non-hydrogen) atoms. The molecule has 0 aromatic heterocycles. The van der Waals surface area contributed by atoms with Crippen LogP contribution in [-0.2, 0) is 0 Å². The highest BCUT2D eigenvalue weighted by Gasteiger charge is 2.01. The van der Waals surface area contributed by atoms with Gasteiger partial charge in [0.25, 0.3) is 0 Å². The van der Waals surface area contributed by atoms with E-state index in [1.165, 1.54) is 0 Å². The van der Waals surface area contributed by atoms with Crippen LogP contribution in [0.4, 0.5) is 0 Å². The van der Waals surface area contributed by atoms with E-state index >= 15 is 0 Å². The zero-order valence-electron chi connectivity index (χ0n) is 7.19. The second-order valence-electron chi connectivity index (χ2n) is 2.77. The molecule has 0 unspecified atom stereocenters. The molecule has 3 heteroatoms. The molecule has 0 bridgehead atoms. The lowest BCUT2D eigenvalue weighted by Gasteiger charge is -2.05. The van der Waals surface area contributed by atoms with E-state index in [-0.39, 0.29) is 0 Å². The molecule has 2 N–H and O–H groups in total. The van der Waals surface area contributed by atoms with E-state index in [0.29, 0.717) is 11.6 Å². The quantitative estimate of drug-likeness (QED) is 0.885. The van der Waals surface area contributed by atoms with E-state index in [9.17, 15) is 0 Å². The van der Waals surface area contributed by atoms with Crippen molar-refractivity contribution < 1.29 is 0 Å². The molecule has 0 aliphatic carbocycles. The third kappa shape index (κ3) is 2.83. The lowest BCUT2D eigenvalue weighted by atomic mass is 10.1. The first-order chi connectivity index (χ1) is 6.15. The Morgan fingerprint density at radius 3 is 2.77 bits per heavy atom. The Kier molecular flexibility index (Phi) is 3.97. The summed E-state index contributed by atoms with van der Waals surface area (Å²) in [6, 6.07) is 5.79. The lowest BCUT2D eigenvalue weighted by Crippen LogP contribution is -1.99. The molecule has 70 valence electrons. The molecule has 1 nitrogen and oxygen atoms in total. The zero-order chi connectivity index (χ0) is 9.84. The Bertz CT molecular complexity index is 323. The molecule has 0 fully saturated rings. The van der Waals surface area contributed by atoms with Crippen molar-refractivity contribution in [1.29, 1.82) is 0 Å². The minimum atomic E-state index is 0.618. The van der Waals surface area contributed by atoms with E-state index in [4.69, 9.17) is 17.3 Å². The van der Waals surface area contributed by atoms with Gasteiger partial charge in [0.1, 0.15) is 0 Å². The van der Waals surface area contributed by atoms with Gasteiger partial charge < -0.3 is 5.73 Å². The number of benzene rings is 1. The summed E-state index contributed by atoms with van der Waals surface area (Å²) in [6.45, 7) is 4.55. The van der Waals surface area contributed by atoms with Crippen LogP contribution < -0.4 is 5.73 Å². The molecule has 0 radical (unpaired) electrons. The normalized spacial score (nSPS) is 10.1. The number of rotatable bonds is 3. The zero-order valence-corrected chi connectivity index (χ0v) is 9.53. The fourth-order valence-electron chi connectivity index (χ4n) is 1.03. The molecular weight excluding hydrogens is 249 g/mol. The summed E-state index contributed by atoms with van der Waals surface area (Å²) in [7, 11) is 0. The van der Waals surface area contributed by atoms with Gasteiger partial charge in [-0.3, -0.25) is 0 Å². The molecule has 0 atom stereocenters. The van der Waals surface area contributed by atoms with Crippen molar-refractivity contribution >= 4 is 33.1 Å². The summed E-state index contributed by atoms with van der Waals surface area (Å²) in [5.41, 5.74) is 7.51. The first kappa shape index (κ1) is 10.8. The van der Waals surface area contributed by atoms with Crippen LogP contribution in [0.2, 0.25) is 5.02 Å². The standard InChI is InChI=1S/C10H11BrClN/c1-7(4-5-13)8-2-3-9(11)10(12)6-8/h2-3,6H,1,4-5,13H2. The highest BCUT2D eigenvalue weighted by molar-refractivity contribution is 9.10. The first-order valence-electron chi connectivity index (χ1n) is 3.98. The van der Waals surface area contributed by atoms with Gasteiger partial charge in [0.05, 0.1) is 5.02 Å². The summed E-state index contributed by atoms with van der Waals surface area (Å²) >= 11 is 9.27.